The Morgan fingerprint density at radius 2 is 2.00 bits per heavy atom. The molecule has 0 spiro atoms. The van der Waals surface area contributed by atoms with Gasteiger partial charge < -0.3 is 0 Å². The molecule has 0 aromatic rings. The highest BCUT2D eigenvalue weighted by molar-refractivity contribution is 9.11. The number of carbonyl (C=O) groups excluding carboxylic acids is 1. The lowest BCUT2D eigenvalue weighted by atomic mass is 9.45. The van der Waals surface area contributed by atoms with E-state index in [9.17, 15) is 4.79 Å². The molecule has 0 heterocycles. The van der Waals surface area contributed by atoms with E-state index in [0.717, 1.165) is 37.0 Å². The number of hydrogen-bond donors (Lipinski definition) is 0. The van der Waals surface area contributed by atoms with Crippen LogP contribution in [0.4, 0.5) is 0 Å². The lowest BCUT2D eigenvalue weighted by molar-refractivity contribution is -0.137. The number of halogens is 1. The average molecular weight is 377 g/mol. The van der Waals surface area contributed by atoms with Gasteiger partial charge in [0.15, 0.2) is 0 Å². The fourth-order valence-electron chi connectivity index (χ4n) is 6.97. The molecule has 4 aliphatic rings. The summed E-state index contributed by atoms with van der Waals surface area (Å²) in [6, 6.07) is 0. The Labute approximate surface area is 149 Å². The highest BCUT2D eigenvalue weighted by Crippen LogP contribution is 2.66. The smallest absolute Gasteiger partial charge is 0.133 e. The van der Waals surface area contributed by atoms with Crippen molar-refractivity contribution in [2.75, 3.05) is 0 Å². The van der Waals surface area contributed by atoms with Crippen molar-refractivity contribution in [3.63, 3.8) is 0 Å². The van der Waals surface area contributed by atoms with Crippen LogP contribution in [0.25, 0.3) is 0 Å². The summed E-state index contributed by atoms with van der Waals surface area (Å²) in [4.78, 5) is 14.0. The summed E-state index contributed by atoms with van der Waals surface area (Å²) in [5.41, 5.74) is 2.38. The van der Waals surface area contributed by atoms with Crippen molar-refractivity contribution in [2.45, 2.75) is 65.2 Å². The van der Waals surface area contributed by atoms with Gasteiger partial charge in [-0.2, -0.15) is 0 Å². The Bertz CT molecular complexity index is 576. The number of fused-ring (bicyclic) bond motifs is 5. The Morgan fingerprint density at radius 1 is 1.17 bits per heavy atom. The zero-order valence-corrected chi connectivity index (χ0v) is 16.1. The quantitative estimate of drug-likeness (QED) is 0.544. The summed E-state index contributed by atoms with van der Waals surface area (Å²) >= 11 is 3.48. The number of hydrogen-bond acceptors (Lipinski definition) is 1. The van der Waals surface area contributed by atoms with E-state index < -0.39 is 0 Å². The van der Waals surface area contributed by atoms with Crippen molar-refractivity contribution in [1.29, 1.82) is 0 Å². The van der Waals surface area contributed by atoms with E-state index in [-0.39, 0.29) is 0 Å². The molecule has 0 aliphatic heterocycles. The van der Waals surface area contributed by atoms with Crippen molar-refractivity contribution in [3.05, 3.63) is 22.7 Å². The molecule has 0 amide bonds. The van der Waals surface area contributed by atoms with Crippen LogP contribution in [0, 0.1) is 34.5 Å². The highest BCUT2D eigenvalue weighted by atomic mass is 79.9. The Kier molecular flexibility index (Phi) is 3.91. The van der Waals surface area contributed by atoms with Gasteiger partial charge in [0.05, 0.1) is 0 Å². The lowest BCUT2D eigenvalue weighted by Crippen LogP contribution is -2.53. The van der Waals surface area contributed by atoms with Crippen LogP contribution in [0.1, 0.15) is 65.2 Å². The van der Waals surface area contributed by atoms with E-state index >= 15 is 0 Å². The normalized spacial score (nSPS) is 49.5. The standard InChI is InChI=1S/C21H29BrO/c1-20-11-8-19-17(18(20)6-4-14(20)9-12-22)5-3-15-13-16(23)7-10-21(15,19)2/h4,9,12,15,17-19H,3,5-8,10-11,13H2,1-2H3/t15?,17-,18-,19-,20+,21-/m0/s1. The maximum absolute atomic E-state index is 11.9. The number of Topliss-reactive ketones (excluding diaryl/α,β-unsaturated/α-hetero) is 1. The van der Waals surface area contributed by atoms with Crippen LogP contribution in [-0.2, 0) is 4.79 Å². The summed E-state index contributed by atoms with van der Waals surface area (Å²) in [6.45, 7) is 5.05. The molecule has 23 heavy (non-hydrogen) atoms. The SMILES string of the molecule is C[C@]12CCC(=O)CC1CC[C@@H]1[C@@H]2CC[C@]2(C)C(C=CBr)=CC[C@@H]12. The second kappa shape index (κ2) is 5.58. The molecule has 126 valence electrons. The molecule has 0 N–H and O–H groups in total. The molecule has 0 aromatic heterocycles. The van der Waals surface area contributed by atoms with Crippen LogP contribution in [0.2, 0.25) is 0 Å². The number of rotatable bonds is 1. The summed E-state index contributed by atoms with van der Waals surface area (Å²) in [7, 11) is 0. The largest absolute Gasteiger partial charge is 0.300 e. The Balaban J connectivity index is 1.62. The zero-order chi connectivity index (χ0) is 16.2. The lowest BCUT2D eigenvalue weighted by Gasteiger charge is -2.60. The van der Waals surface area contributed by atoms with Crippen LogP contribution in [0.3, 0.4) is 0 Å². The first-order valence-corrected chi connectivity index (χ1v) is 10.4. The zero-order valence-electron chi connectivity index (χ0n) is 14.5. The number of allylic oxidation sites excluding steroid dienone is 3. The molecule has 1 nitrogen and oxygen atoms in total. The topological polar surface area (TPSA) is 17.1 Å². The molecule has 6 atom stereocenters. The average Bonchev–Trinajstić information content (AvgIpc) is 2.85. The maximum atomic E-state index is 11.9. The van der Waals surface area contributed by atoms with Gasteiger partial charge in [-0.25, -0.2) is 0 Å². The van der Waals surface area contributed by atoms with E-state index in [1.165, 1.54) is 32.1 Å². The van der Waals surface area contributed by atoms with Crippen LogP contribution in [0.5, 0.6) is 0 Å². The molecule has 0 aromatic carbocycles. The van der Waals surface area contributed by atoms with E-state index in [1.807, 2.05) is 4.99 Å². The summed E-state index contributed by atoms with van der Waals surface area (Å²) in [5, 5.41) is 0. The second-order valence-corrected chi connectivity index (χ2v) is 9.57. The molecule has 3 saturated carbocycles. The molecule has 0 radical (unpaired) electrons. The molecule has 2 heteroatoms. The van der Waals surface area contributed by atoms with Gasteiger partial charge in [0.25, 0.3) is 0 Å². The molecule has 4 rings (SSSR count). The predicted molar refractivity (Wildman–Crippen MR) is 98.3 cm³/mol. The van der Waals surface area contributed by atoms with Crippen molar-refractivity contribution >= 4 is 21.7 Å². The summed E-state index contributed by atoms with van der Waals surface area (Å²) in [6.07, 6.45) is 14.3. The first-order valence-electron chi connectivity index (χ1n) is 9.48. The Morgan fingerprint density at radius 3 is 2.78 bits per heavy atom. The first kappa shape index (κ1) is 16.1. The van der Waals surface area contributed by atoms with Crippen LogP contribution < -0.4 is 0 Å². The van der Waals surface area contributed by atoms with Gasteiger partial charge in [-0.15, -0.1) is 0 Å². The maximum Gasteiger partial charge on any atom is 0.133 e. The minimum absolute atomic E-state index is 0.388. The molecule has 0 saturated heterocycles. The molecular weight excluding hydrogens is 348 g/mol. The molecule has 0 bridgehead atoms. The highest BCUT2D eigenvalue weighted by Gasteiger charge is 2.58. The third kappa shape index (κ3) is 2.27. The van der Waals surface area contributed by atoms with Crippen molar-refractivity contribution in [3.8, 4) is 0 Å². The predicted octanol–water partition coefficient (Wildman–Crippen LogP) is 6.04. The second-order valence-electron chi connectivity index (χ2n) is 9.04. The minimum atomic E-state index is 0.388. The van der Waals surface area contributed by atoms with E-state index in [1.54, 1.807) is 5.57 Å². The van der Waals surface area contributed by atoms with Gasteiger partial charge in [-0.1, -0.05) is 41.9 Å². The molecule has 1 unspecified atom stereocenters. The monoisotopic (exact) mass is 376 g/mol. The number of carbonyl (C=O) groups is 1. The van der Waals surface area contributed by atoms with E-state index in [2.05, 4.69) is 41.9 Å². The summed E-state index contributed by atoms with van der Waals surface area (Å²) in [5.74, 6) is 3.76. The van der Waals surface area contributed by atoms with Gasteiger partial charge in [-0.3, -0.25) is 4.79 Å². The summed E-state index contributed by atoms with van der Waals surface area (Å²) < 4.78 is 0. The fraction of sp³-hybridized carbons (Fsp3) is 0.762. The fourth-order valence-corrected chi connectivity index (χ4v) is 7.26. The van der Waals surface area contributed by atoms with Crippen molar-refractivity contribution < 1.29 is 4.79 Å². The third-order valence-electron chi connectivity index (χ3n) is 8.37. The number of ketones is 1. The minimum Gasteiger partial charge on any atom is -0.300 e. The van der Waals surface area contributed by atoms with Crippen molar-refractivity contribution in [2.24, 2.45) is 34.5 Å². The van der Waals surface area contributed by atoms with Crippen molar-refractivity contribution in [1.82, 2.24) is 0 Å². The van der Waals surface area contributed by atoms with Gasteiger partial charge in [-0.05, 0) is 83.6 Å². The molecular formula is C21H29BrO. The Hall–Kier alpha value is -0.370. The van der Waals surface area contributed by atoms with Gasteiger partial charge >= 0.3 is 0 Å². The van der Waals surface area contributed by atoms with Crippen LogP contribution in [-0.4, -0.2) is 5.78 Å². The van der Waals surface area contributed by atoms with E-state index in [0.29, 0.717) is 22.5 Å². The first-order chi connectivity index (χ1) is 11.0. The third-order valence-corrected chi connectivity index (χ3v) is 8.63. The molecule has 3 fully saturated rings. The van der Waals surface area contributed by atoms with Gasteiger partial charge in [0.2, 0.25) is 0 Å². The van der Waals surface area contributed by atoms with Crippen LogP contribution >= 0.6 is 15.9 Å². The molecule has 4 aliphatic carbocycles. The van der Waals surface area contributed by atoms with Gasteiger partial charge in [0.1, 0.15) is 5.78 Å². The van der Waals surface area contributed by atoms with E-state index in [4.69, 9.17) is 0 Å². The van der Waals surface area contributed by atoms with Gasteiger partial charge in [0, 0.05) is 12.8 Å². The van der Waals surface area contributed by atoms with Crippen LogP contribution in [0.15, 0.2) is 22.7 Å².